The third-order valence-electron chi connectivity index (χ3n) is 5.95. The molecular formula is C21H31BN2O4. The minimum atomic E-state index is -0.623. The van der Waals surface area contributed by atoms with Crippen molar-refractivity contribution in [3.05, 3.63) is 29.3 Å². The maximum Gasteiger partial charge on any atom is 0.494 e. The molecule has 152 valence electrons. The van der Waals surface area contributed by atoms with E-state index in [0.717, 1.165) is 12.8 Å². The molecule has 2 amide bonds. The van der Waals surface area contributed by atoms with Gasteiger partial charge >= 0.3 is 7.12 Å². The van der Waals surface area contributed by atoms with Gasteiger partial charge in [-0.25, -0.2) is 0 Å². The van der Waals surface area contributed by atoms with E-state index in [2.05, 4.69) is 5.32 Å². The smallest absolute Gasteiger partial charge is 0.399 e. The van der Waals surface area contributed by atoms with Crippen LogP contribution in [0.25, 0.3) is 0 Å². The van der Waals surface area contributed by atoms with E-state index in [9.17, 15) is 9.59 Å². The fraction of sp³-hybridized carbons (Fsp3) is 0.619. The van der Waals surface area contributed by atoms with E-state index >= 15 is 0 Å². The van der Waals surface area contributed by atoms with Crippen LogP contribution in [0.15, 0.2) is 18.2 Å². The summed E-state index contributed by atoms with van der Waals surface area (Å²) in [6, 6.07) is 5.48. The van der Waals surface area contributed by atoms with E-state index in [1.807, 2.05) is 41.5 Å². The molecule has 1 heterocycles. The van der Waals surface area contributed by atoms with Gasteiger partial charge in [-0.3, -0.25) is 9.59 Å². The zero-order valence-corrected chi connectivity index (χ0v) is 17.8. The lowest BCUT2D eigenvalue weighted by molar-refractivity contribution is 0.00578. The molecule has 1 saturated heterocycles. The third kappa shape index (κ3) is 4.10. The summed E-state index contributed by atoms with van der Waals surface area (Å²) in [5.74, 6) is -0.252. The number of nitrogens with zero attached hydrogens (tertiary/aromatic N) is 1. The molecule has 1 aromatic carbocycles. The maximum atomic E-state index is 13.0. The largest absolute Gasteiger partial charge is 0.494 e. The average molecular weight is 386 g/mol. The second-order valence-corrected chi connectivity index (χ2v) is 8.66. The molecule has 0 atom stereocenters. The minimum absolute atomic E-state index is 0.0937. The van der Waals surface area contributed by atoms with Crippen LogP contribution < -0.4 is 10.8 Å². The van der Waals surface area contributed by atoms with E-state index in [1.54, 1.807) is 23.1 Å². The Bertz CT molecular complexity index is 754. The van der Waals surface area contributed by atoms with Crippen molar-refractivity contribution in [2.45, 2.75) is 71.6 Å². The van der Waals surface area contributed by atoms with Crippen LogP contribution >= 0.6 is 0 Å². The van der Waals surface area contributed by atoms with Crippen LogP contribution in [0.3, 0.4) is 0 Å². The molecule has 6 nitrogen and oxygen atoms in total. The van der Waals surface area contributed by atoms with Crippen molar-refractivity contribution in [2.24, 2.45) is 0 Å². The molecule has 28 heavy (non-hydrogen) atoms. The van der Waals surface area contributed by atoms with Gasteiger partial charge in [0.05, 0.1) is 11.2 Å². The molecule has 2 fully saturated rings. The summed E-state index contributed by atoms with van der Waals surface area (Å²) < 4.78 is 12.3. The summed E-state index contributed by atoms with van der Waals surface area (Å²) in [5.41, 5.74) is 0.657. The number of benzene rings is 1. The lowest BCUT2D eigenvalue weighted by Gasteiger charge is -2.32. The highest BCUT2D eigenvalue weighted by Gasteiger charge is 2.52. The lowest BCUT2D eigenvalue weighted by atomic mass is 9.77. The number of rotatable bonds is 6. The van der Waals surface area contributed by atoms with Crippen LogP contribution in [-0.2, 0) is 9.31 Å². The van der Waals surface area contributed by atoms with Gasteiger partial charge in [-0.2, -0.15) is 0 Å². The number of carbonyl (C=O) groups is 2. The second kappa shape index (κ2) is 7.52. The van der Waals surface area contributed by atoms with Crippen molar-refractivity contribution < 1.29 is 18.9 Å². The number of nitrogens with one attached hydrogen (secondary N) is 1. The van der Waals surface area contributed by atoms with E-state index in [0.29, 0.717) is 29.7 Å². The van der Waals surface area contributed by atoms with Gasteiger partial charge in [0.15, 0.2) is 0 Å². The molecule has 1 saturated carbocycles. The Hall–Kier alpha value is -1.86. The zero-order valence-electron chi connectivity index (χ0n) is 17.8. The Balaban J connectivity index is 1.97. The Morgan fingerprint density at radius 3 is 2.07 bits per heavy atom. The predicted octanol–water partition coefficient (Wildman–Crippen LogP) is 2.36. The van der Waals surface area contributed by atoms with Crippen LogP contribution in [0.2, 0.25) is 0 Å². The summed E-state index contributed by atoms with van der Waals surface area (Å²) in [4.78, 5) is 27.4. The Kier molecular flexibility index (Phi) is 5.61. The maximum absolute atomic E-state index is 13.0. The molecule has 0 radical (unpaired) electrons. The molecule has 1 N–H and O–H groups in total. The number of hydrogen-bond acceptors (Lipinski definition) is 4. The van der Waals surface area contributed by atoms with E-state index < -0.39 is 18.3 Å². The van der Waals surface area contributed by atoms with Crippen molar-refractivity contribution in [3.8, 4) is 0 Å². The van der Waals surface area contributed by atoms with Gasteiger partial charge in [-0.05, 0) is 78.0 Å². The highest BCUT2D eigenvalue weighted by molar-refractivity contribution is 6.62. The Morgan fingerprint density at radius 1 is 1.04 bits per heavy atom. The number of carbonyl (C=O) groups excluding carboxylic acids is 2. The summed E-state index contributed by atoms with van der Waals surface area (Å²) >= 11 is 0. The van der Waals surface area contributed by atoms with Gasteiger partial charge in [0, 0.05) is 30.3 Å². The van der Waals surface area contributed by atoms with Crippen molar-refractivity contribution >= 4 is 24.4 Å². The summed E-state index contributed by atoms with van der Waals surface area (Å²) in [7, 11) is -0.623. The van der Waals surface area contributed by atoms with Crippen molar-refractivity contribution in [1.82, 2.24) is 10.2 Å². The molecule has 3 rings (SSSR count). The highest BCUT2D eigenvalue weighted by Crippen LogP contribution is 2.36. The highest BCUT2D eigenvalue weighted by atomic mass is 16.7. The minimum Gasteiger partial charge on any atom is -0.399 e. The number of hydrogen-bond donors (Lipinski definition) is 1. The van der Waals surface area contributed by atoms with Gasteiger partial charge in [0.2, 0.25) is 0 Å². The van der Waals surface area contributed by atoms with Crippen LogP contribution in [0.1, 0.15) is 75.1 Å². The average Bonchev–Trinajstić information content (AvgIpc) is 3.41. The van der Waals surface area contributed by atoms with Crippen molar-refractivity contribution in [1.29, 1.82) is 0 Å². The SMILES string of the molecule is CCN(CC)C(=O)c1cc(B2OC(C)(C)C(C)(C)O2)cc(C(=O)NC2CC2)c1. The molecule has 0 spiro atoms. The first-order valence-corrected chi connectivity index (χ1v) is 10.2. The first-order valence-electron chi connectivity index (χ1n) is 10.2. The monoisotopic (exact) mass is 386 g/mol. The van der Waals surface area contributed by atoms with Gasteiger partial charge in [-0.1, -0.05) is 0 Å². The van der Waals surface area contributed by atoms with Gasteiger partial charge < -0.3 is 19.5 Å². The molecule has 7 heteroatoms. The molecule has 1 aliphatic carbocycles. The van der Waals surface area contributed by atoms with Crippen LogP contribution in [0.4, 0.5) is 0 Å². The van der Waals surface area contributed by atoms with Crippen LogP contribution in [-0.4, -0.2) is 54.2 Å². The quantitative estimate of drug-likeness (QED) is 0.763. The Labute approximate surface area is 168 Å². The second-order valence-electron chi connectivity index (χ2n) is 8.66. The Morgan fingerprint density at radius 2 is 1.57 bits per heavy atom. The summed E-state index contributed by atoms with van der Waals surface area (Å²) in [5, 5.41) is 3.00. The lowest BCUT2D eigenvalue weighted by Crippen LogP contribution is -2.41. The molecule has 1 aliphatic heterocycles. The molecule has 0 bridgehead atoms. The van der Waals surface area contributed by atoms with E-state index in [-0.39, 0.29) is 17.9 Å². The first kappa shape index (κ1) is 20.9. The van der Waals surface area contributed by atoms with Crippen LogP contribution in [0, 0.1) is 0 Å². The van der Waals surface area contributed by atoms with E-state index in [4.69, 9.17) is 9.31 Å². The van der Waals surface area contributed by atoms with Crippen molar-refractivity contribution in [3.63, 3.8) is 0 Å². The zero-order chi connectivity index (χ0) is 20.7. The topological polar surface area (TPSA) is 67.9 Å². The molecule has 0 unspecified atom stereocenters. The van der Waals surface area contributed by atoms with E-state index in [1.165, 1.54) is 0 Å². The standard InChI is InChI=1S/C21H31BN2O4/c1-7-24(8-2)19(26)15-11-14(18(25)23-17-9-10-17)12-16(13-15)22-27-20(3,4)21(5,6)28-22/h11-13,17H,7-10H2,1-6H3,(H,23,25). The molecule has 0 aromatic heterocycles. The third-order valence-corrected chi connectivity index (χ3v) is 5.95. The first-order chi connectivity index (χ1) is 13.1. The normalized spacial score (nSPS) is 20.1. The van der Waals surface area contributed by atoms with Gasteiger partial charge in [0.1, 0.15) is 0 Å². The number of amides is 2. The predicted molar refractivity (Wildman–Crippen MR) is 110 cm³/mol. The van der Waals surface area contributed by atoms with Crippen molar-refractivity contribution in [2.75, 3.05) is 13.1 Å². The van der Waals surface area contributed by atoms with Gasteiger partial charge in [-0.15, -0.1) is 0 Å². The molecule has 2 aliphatic rings. The summed E-state index contributed by atoms with van der Waals surface area (Å²) in [6.07, 6.45) is 2.02. The van der Waals surface area contributed by atoms with Crippen LogP contribution in [0.5, 0.6) is 0 Å². The molecule has 1 aromatic rings. The fourth-order valence-corrected chi connectivity index (χ4v) is 3.21. The fourth-order valence-electron chi connectivity index (χ4n) is 3.21. The van der Waals surface area contributed by atoms with Gasteiger partial charge in [0.25, 0.3) is 11.8 Å². The molecular weight excluding hydrogens is 355 g/mol. The summed E-state index contributed by atoms with van der Waals surface area (Å²) in [6.45, 7) is 13.0.